The molecule has 4 aromatic rings. The summed E-state index contributed by atoms with van der Waals surface area (Å²) in [4.78, 5) is 39.2. The molecule has 0 N–H and O–H groups in total. The molecule has 0 amide bonds. The summed E-state index contributed by atoms with van der Waals surface area (Å²) < 4.78 is 25.2. The number of nitro benzene ring substituents is 3. The van der Waals surface area contributed by atoms with Gasteiger partial charge in [-0.3, -0.25) is 30.3 Å². The van der Waals surface area contributed by atoms with Gasteiger partial charge in [-0.05, 0) is 56.0 Å². The van der Waals surface area contributed by atoms with Crippen LogP contribution >= 0.6 is 47.0 Å². The fraction of sp³-hybridized carbons (Fsp3) is 0.333. The number of nitrogens with zero attached hydrogens (tertiary/aromatic N) is 3. The largest absolute Gasteiger partial charge is 0.491 e. The first-order valence-corrected chi connectivity index (χ1v) is 20.2. The van der Waals surface area contributed by atoms with Crippen molar-refractivity contribution in [2.45, 2.75) is 92.5 Å². The maximum Gasteiger partial charge on any atom is 0.287 e. The number of ether oxygens (including phenoxy) is 4. The van der Waals surface area contributed by atoms with Crippen LogP contribution in [-0.4, -0.2) is 41.2 Å². The Labute approximate surface area is 323 Å². The molecule has 17 heteroatoms. The topological polar surface area (TPSA) is 166 Å². The molecule has 280 valence electrons. The molecule has 13 nitrogen and oxygen atoms in total. The molecule has 0 atom stereocenters. The number of benzene rings is 4. The third kappa shape index (κ3) is 9.08. The van der Waals surface area contributed by atoms with E-state index in [4.69, 9.17) is 18.9 Å². The van der Waals surface area contributed by atoms with Crippen molar-refractivity contribution in [3.05, 3.63) is 84.9 Å². The lowest BCUT2D eigenvalue weighted by molar-refractivity contribution is -0.388. The lowest BCUT2D eigenvalue weighted by atomic mass is 10.3. The van der Waals surface area contributed by atoms with Crippen LogP contribution in [-0.2, 0) is 0 Å². The van der Waals surface area contributed by atoms with Gasteiger partial charge in [0, 0.05) is 18.2 Å². The van der Waals surface area contributed by atoms with Gasteiger partial charge in [0.2, 0.25) is 0 Å². The molecule has 0 saturated heterocycles. The summed E-state index contributed by atoms with van der Waals surface area (Å²) in [6, 6.07) is 14.4. The average molecular weight is 800 g/mol. The van der Waals surface area contributed by atoms with Crippen molar-refractivity contribution in [2.75, 3.05) is 26.4 Å². The van der Waals surface area contributed by atoms with Crippen molar-refractivity contribution >= 4 is 64.1 Å². The standard InChI is InChI=1S/C36H37N3O10S4/c1-5-18-46-30-25-10-9-11-26(30)51-28-16-13-23(38(42)43)35(32(28)48-20-7-3)53-36-24(39(44)45)14-17-29(33(36)49-21-8-4)52-34-22(37(40)41)12-15-27(50-25)31(34)47-19-6-2/h9-17H,5-8,18-21H2,1-4H3. The second kappa shape index (κ2) is 18.6. The smallest absolute Gasteiger partial charge is 0.287 e. The highest BCUT2D eigenvalue weighted by atomic mass is 32.2. The lowest BCUT2D eigenvalue weighted by Gasteiger charge is -2.21. The third-order valence-electron chi connectivity index (χ3n) is 7.36. The van der Waals surface area contributed by atoms with Gasteiger partial charge in [0.1, 0.15) is 20.4 Å². The molecule has 1 heterocycles. The summed E-state index contributed by atoms with van der Waals surface area (Å²) in [5.74, 6) is 1.07. The van der Waals surface area contributed by atoms with Crippen molar-refractivity contribution in [3.8, 4) is 23.0 Å². The minimum Gasteiger partial charge on any atom is -0.491 e. The van der Waals surface area contributed by atoms with Crippen LogP contribution in [0.25, 0.3) is 0 Å². The van der Waals surface area contributed by atoms with Crippen LogP contribution in [0.4, 0.5) is 17.1 Å². The summed E-state index contributed by atoms with van der Waals surface area (Å²) in [5, 5.41) is 37.8. The van der Waals surface area contributed by atoms with E-state index in [0.717, 1.165) is 28.4 Å². The fourth-order valence-corrected chi connectivity index (χ4v) is 9.71. The number of fused-ring (bicyclic) bond motifs is 8. The van der Waals surface area contributed by atoms with Crippen LogP contribution in [0.2, 0.25) is 0 Å². The van der Waals surface area contributed by atoms with Crippen molar-refractivity contribution in [1.29, 1.82) is 0 Å². The number of hydrogen-bond donors (Lipinski definition) is 0. The van der Waals surface area contributed by atoms with Gasteiger partial charge in [0.15, 0.2) is 17.2 Å². The van der Waals surface area contributed by atoms with Crippen LogP contribution in [0.3, 0.4) is 0 Å². The number of nitro groups is 3. The summed E-state index contributed by atoms with van der Waals surface area (Å²) in [5.41, 5.74) is -0.902. The van der Waals surface area contributed by atoms with Gasteiger partial charge >= 0.3 is 0 Å². The Hall–Kier alpha value is -4.32. The summed E-state index contributed by atoms with van der Waals surface area (Å²) in [7, 11) is 0. The van der Waals surface area contributed by atoms with E-state index < -0.39 is 14.8 Å². The van der Waals surface area contributed by atoms with Crippen molar-refractivity contribution in [2.24, 2.45) is 0 Å². The van der Waals surface area contributed by atoms with E-state index >= 15 is 0 Å². The van der Waals surface area contributed by atoms with Crippen LogP contribution in [0.15, 0.2) is 93.8 Å². The molecule has 4 aromatic carbocycles. The number of rotatable bonds is 15. The van der Waals surface area contributed by atoms with E-state index in [9.17, 15) is 30.3 Å². The highest BCUT2D eigenvalue weighted by molar-refractivity contribution is 8.01. The SMILES string of the molecule is CCCOc1c2cccc1Sc1ccc([N+](=O)[O-])c(c1OCCC)Sc1c([N+](=O)[O-])ccc(c1OCCC)Sc1c([N+](=O)[O-])ccc(c1OCCC)S2. The second-order valence-electron chi connectivity index (χ2n) is 11.4. The maximum absolute atomic E-state index is 12.6. The van der Waals surface area contributed by atoms with E-state index in [2.05, 4.69) is 0 Å². The van der Waals surface area contributed by atoms with Crippen molar-refractivity contribution in [3.63, 3.8) is 0 Å². The van der Waals surface area contributed by atoms with Crippen LogP contribution in [0.1, 0.15) is 53.4 Å². The minimum atomic E-state index is -0.580. The Morgan fingerprint density at radius 1 is 0.434 bits per heavy atom. The molecule has 1 aliphatic heterocycles. The molecule has 1 aliphatic rings. The van der Waals surface area contributed by atoms with E-state index in [0.29, 0.717) is 57.6 Å². The summed E-state index contributed by atoms with van der Waals surface area (Å²) in [6.07, 6.45) is 2.46. The molecule has 53 heavy (non-hydrogen) atoms. The fourth-order valence-electron chi connectivity index (χ4n) is 5.05. The maximum atomic E-state index is 12.6. The molecule has 0 unspecified atom stereocenters. The third-order valence-corrected chi connectivity index (χ3v) is 11.9. The monoisotopic (exact) mass is 799 g/mol. The molecule has 0 saturated carbocycles. The van der Waals surface area contributed by atoms with Gasteiger partial charge in [-0.25, -0.2) is 0 Å². The Bertz CT molecular complexity index is 2010. The van der Waals surface area contributed by atoms with Gasteiger partial charge in [0.25, 0.3) is 17.1 Å². The van der Waals surface area contributed by atoms with Crippen LogP contribution in [0, 0.1) is 30.3 Å². The summed E-state index contributed by atoms with van der Waals surface area (Å²) >= 11 is 4.41. The first kappa shape index (κ1) is 39.9. The van der Waals surface area contributed by atoms with E-state index in [1.165, 1.54) is 47.8 Å². The molecular formula is C36H37N3O10S4. The minimum absolute atomic E-state index is 0.00897. The van der Waals surface area contributed by atoms with Gasteiger partial charge in [-0.15, -0.1) is 0 Å². The Morgan fingerprint density at radius 2 is 0.736 bits per heavy atom. The van der Waals surface area contributed by atoms with Gasteiger partial charge in [0.05, 0.1) is 65.7 Å². The Balaban J connectivity index is 1.93. The summed E-state index contributed by atoms with van der Waals surface area (Å²) in [6.45, 7) is 8.70. The molecular weight excluding hydrogens is 763 g/mol. The quantitative estimate of drug-likeness (QED) is 0.0724. The molecule has 0 radical (unpaired) electrons. The molecule has 0 aromatic heterocycles. The van der Waals surface area contributed by atoms with Gasteiger partial charge in [-0.1, -0.05) is 80.8 Å². The zero-order chi connectivity index (χ0) is 38.1. The molecule has 5 rings (SSSR count). The normalized spacial score (nSPS) is 12.2. The molecule has 0 aliphatic carbocycles. The molecule has 8 bridgehead atoms. The van der Waals surface area contributed by atoms with E-state index in [1.807, 2.05) is 45.9 Å². The zero-order valence-corrected chi connectivity index (χ0v) is 32.7. The predicted octanol–water partition coefficient (Wildman–Crippen LogP) is 11.5. The second-order valence-corrected chi connectivity index (χ2v) is 15.6. The number of para-hydroxylation sites is 1. The lowest BCUT2D eigenvalue weighted by Crippen LogP contribution is -2.05. The first-order valence-electron chi connectivity index (χ1n) is 16.9. The van der Waals surface area contributed by atoms with E-state index in [-0.39, 0.29) is 68.8 Å². The van der Waals surface area contributed by atoms with Gasteiger partial charge < -0.3 is 18.9 Å². The van der Waals surface area contributed by atoms with Crippen LogP contribution < -0.4 is 18.9 Å². The zero-order valence-electron chi connectivity index (χ0n) is 29.4. The highest BCUT2D eigenvalue weighted by Gasteiger charge is 2.33. The highest BCUT2D eigenvalue weighted by Crippen LogP contribution is 2.57. The predicted molar refractivity (Wildman–Crippen MR) is 205 cm³/mol. The first-order chi connectivity index (χ1) is 25.6. The Kier molecular flexibility index (Phi) is 14.0. The molecule has 0 spiro atoms. The van der Waals surface area contributed by atoms with E-state index in [1.54, 1.807) is 12.1 Å². The van der Waals surface area contributed by atoms with Crippen molar-refractivity contribution < 1.29 is 33.7 Å². The number of hydrogen-bond acceptors (Lipinski definition) is 14. The Morgan fingerprint density at radius 3 is 1.08 bits per heavy atom. The van der Waals surface area contributed by atoms with Crippen LogP contribution in [0.5, 0.6) is 23.0 Å². The molecule has 0 fully saturated rings. The van der Waals surface area contributed by atoms with Crippen molar-refractivity contribution in [1.82, 2.24) is 0 Å². The van der Waals surface area contributed by atoms with Gasteiger partial charge in [-0.2, -0.15) is 0 Å². The average Bonchev–Trinajstić information content (AvgIpc) is 3.13.